The van der Waals surface area contributed by atoms with Gasteiger partial charge < -0.3 is 19.2 Å². The molecular formula is C15H23BNO4. The van der Waals surface area contributed by atoms with Gasteiger partial charge in [0.2, 0.25) is 5.88 Å². The van der Waals surface area contributed by atoms with Crippen LogP contribution in [-0.4, -0.2) is 43.6 Å². The van der Waals surface area contributed by atoms with E-state index in [2.05, 4.69) is 18.8 Å². The fourth-order valence-corrected chi connectivity index (χ4v) is 2.16. The fraction of sp³-hybridized carbons (Fsp3) is 0.667. The van der Waals surface area contributed by atoms with E-state index in [1.54, 1.807) is 0 Å². The Morgan fingerprint density at radius 3 is 2.90 bits per heavy atom. The minimum Gasteiger partial charge on any atom is -0.476 e. The van der Waals surface area contributed by atoms with E-state index in [0.29, 0.717) is 30.5 Å². The molecule has 1 radical (unpaired) electrons. The highest BCUT2D eigenvalue weighted by Gasteiger charge is 2.14. The van der Waals surface area contributed by atoms with Gasteiger partial charge >= 0.3 is 7.48 Å². The van der Waals surface area contributed by atoms with Crippen molar-refractivity contribution >= 4 is 12.9 Å². The van der Waals surface area contributed by atoms with E-state index < -0.39 is 0 Å². The van der Waals surface area contributed by atoms with Crippen LogP contribution >= 0.6 is 0 Å². The Morgan fingerprint density at radius 2 is 2.24 bits per heavy atom. The van der Waals surface area contributed by atoms with Crippen LogP contribution in [-0.2, 0) is 9.47 Å². The van der Waals surface area contributed by atoms with Crippen molar-refractivity contribution in [2.45, 2.75) is 45.3 Å². The predicted octanol–water partition coefficient (Wildman–Crippen LogP) is 1.36. The molecule has 0 aliphatic carbocycles. The molecule has 0 bridgehead atoms. The van der Waals surface area contributed by atoms with Crippen LogP contribution < -0.4 is 10.2 Å². The SMILES string of the molecule is CC(C)c1ccc([B]O)c(OCCOC2CCCCO2)n1. The van der Waals surface area contributed by atoms with Gasteiger partial charge in [-0.2, -0.15) is 0 Å². The quantitative estimate of drug-likeness (QED) is 0.607. The Hall–Kier alpha value is -1.11. The van der Waals surface area contributed by atoms with Gasteiger partial charge in [0.05, 0.1) is 6.61 Å². The van der Waals surface area contributed by atoms with Crippen LogP contribution in [0.5, 0.6) is 5.88 Å². The van der Waals surface area contributed by atoms with Crippen molar-refractivity contribution in [1.29, 1.82) is 0 Å². The lowest BCUT2D eigenvalue weighted by Crippen LogP contribution is -2.26. The molecule has 1 N–H and O–H groups in total. The highest BCUT2D eigenvalue weighted by Crippen LogP contribution is 2.15. The molecule has 0 aromatic carbocycles. The van der Waals surface area contributed by atoms with E-state index in [-0.39, 0.29) is 6.29 Å². The van der Waals surface area contributed by atoms with Crippen molar-refractivity contribution in [2.75, 3.05) is 19.8 Å². The lowest BCUT2D eigenvalue weighted by atomic mass is 9.89. The summed E-state index contributed by atoms with van der Waals surface area (Å²) >= 11 is 0. The van der Waals surface area contributed by atoms with Crippen LogP contribution in [0.25, 0.3) is 0 Å². The molecule has 1 aliphatic heterocycles. The van der Waals surface area contributed by atoms with Crippen molar-refractivity contribution in [3.8, 4) is 5.88 Å². The standard InChI is InChI=1S/C15H23BNO4/c1-11(2)13-7-6-12(16-18)15(17-13)21-10-9-20-14-5-3-4-8-19-14/h6-7,11,14,18H,3-5,8-10H2,1-2H3. The number of rotatable bonds is 7. The van der Waals surface area contributed by atoms with Crippen molar-refractivity contribution in [3.05, 3.63) is 17.8 Å². The third-order valence-corrected chi connectivity index (χ3v) is 3.41. The highest BCUT2D eigenvalue weighted by molar-refractivity contribution is 6.46. The van der Waals surface area contributed by atoms with Gasteiger partial charge in [-0.3, -0.25) is 0 Å². The molecule has 6 heteroatoms. The summed E-state index contributed by atoms with van der Waals surface area (Å²) in [6, 6.07) is 3.70. The van der Waals surface area contributed by atoms with Crippen LogP contribution in [0.1, 0.15) is 44.7 Å². The van der Waals surface area contributed by atoms with Gasteiger partial charge in [-0.15, -0.1) is 0 Å². The highest BCUT2D eigenvalue weighted by atomic mass is 16.7. The Kier molecular flexibility index (Phi) is 6.48. The third kappa shape index (κ3) is 4.98. The van der Waals surface area contributed by atoms with E-state index in [1.807, 2.05) is 12.1 Å². The van der Waals surface area contributed by atoms with Crippen LogP contribution in [0.15, 0.2) is 12.1 Å². The van der Waals surface area contributed by atoms with E-state index in [0.717, 1.165) is 39.0 Å². The van der Waals surface area contributed by atoms with Crippen LogP contribution in [0, 0.1) is 0 Å². The van der Waals surface area contributed by atoms with Crippen LogP contribution in [0.2, 0.25) is 0 Å². The molecule has 21 heavy (non-hydrogen) atoms. The lowest BCUT2D eigenvalue weighted by molar-refractivity contribution is -0.165. The summed E-state index contributed by atoms with van der Waals surface area (Å²) in [4.78, 5) is 4.43. The van der Waals surface area contributed by atoms with Crippen molar-refractivity contribution in [2.24, 2.45) is 0 Å². The molecule has 0 spiro atoms. The maximum atomic E-state index is 9.21. The second-order valence-corrected chi connectivity index (χ2v) is 5.43. The first kappa shape index (κ1) is 16.3. The largest absolute Gasteiger partial charge is 0.476 e. The molecule has 2 rings (SSSR count). The third-order valence-electron chi connectivity index (χ3n) is 3.41. The van der Waals surface area contributed by atoms with Crippen molar-refractivity contribution in [3.63, 3.8) is 0 Å². The molecule has 115 valence electrons. The summed E-state index contributed by atoms with van der Waals surface area (Å²) in [5.74, 6) is 0.754. The first-order valence-corrected chi connectivity index (χ1v) is 7.55. The average molecular weight is 292 g/mol. The molecule has 1 saturated heterocycles. The monoisotopic (exact) mass is 292 g/mol. The molecule has 2 heterocycles. The topological polar surface area (TPSA) is 60.8 Å². The molecular weight excluding hydrogens is 269 g/mol. The first-order chi connectivity index (χ1) is 10.2. The zero-order valence-corrected chi connectivity index (χ0v) is 12.7. The molecule has 1 atom stereocenters. The fourth-order valence-electron chi connectivity index (χ4n) is 2.16. The number of nitrogens with zero attached hydrogens (tertiary/aromatic N) is 1. The molecule has 5 nitrogen and oxygen atoms in total. The average Bonchev–Trinajstić information content (AvgIpc) is 2.52. The van der Waals surface area contributed by atoms with Gasteiger partial charge in [0, 0.05) is 17.8 Å². The number of aromatic nitrogens is 1. The van der Waals surface area contributed by atoms with Gasteiger partial charge in [0.15, 0.2) is 6.29 Å². The van der Waals surface area contributed by atoms with Gasteiger partial charge in [-0.25, -0.2) is 4.98 Å². The zero-order chi connectivity index (χ0) is 15.1. The van der Waals surface area contributed by atoms with E-state index in [9.17, 15) is 5.02 Å². The number of pyridine rings is 1. The summed E-state index contributed by atoms with van der Waals surface area (Å²) in [6.45, 7) is 5.74. The maximum Gasteiger partial charge on any atom is 0.332 e. The Balaban J connectivity index is 1.82. The second-order valence-electron chi connectivity index (χ2n) is 5.43. The van der Waals surface area contributed by atoms with Crippen LogP contribution in [0.4, 0.5) is 0 Å². The minimum atomic E-state index is -0.110. The molecule has 1 aromatic heterocycles. The van der Waals surface area contributed by atoms with Gasteiger partial charge in [-0.1, -0.05) is 19.9 Å². The van der Waals surface area contributed by atoms with Gasteiger partial charge in [0.1, 0.15) is 6.61 Å². The minimum absolute atomic E-state index is 0.110. The van der Waals surface area contributed by atoms with Crippen LogP contribution in [0.3, 0.4) is 0 Å². The van der Waals surface area contributed by atoms with E-state index in [1.165, 1.54) is 0 Å². The molecule has 0 saturated carbocycles. The number of ether oxygens (including phenoxy) is 3. The second kappa shape index (κ2) is 8.36. The normalized spacial score (nSPS) is 18.8. The van der Waals surface area contributed by atoms with Gasteiger partial charge in [-0.05, 0) is 31.2 Å². The summed E-state index contributed by atoms with van der Waals surface area (Å²) in [5, 5.41) is 9.21. The summed E-state index contributed by atoms with van der Waals surface area (Å²) in [5.41, 5.74) is 1.51. The first-order valence-electron chi connectivity index (χ1n) is 7.55. The number of hydrogen-bond donors (Lipinski definition) is 1. The Morgan fingerprint density at radius 1 is 1.38 bits per heavy atom. The van der Waals surface area contributed by atoms with E-state index in [4.69, 9.17) is 14.2 Å². The molecule has 1 aromatic rings. The van der Waals surface area contributed by atoms with Crippen molar-refractivity contribution < 1.29 is 19.2 Å². The zero-order valence-electron chi connectivity index (χ0n) is 12.7. The molecule has 0 amide bonds. The smallest absolute Gasteiger partial charge is 0.332 e. The summed E-state index contributed by atoms with van der Waals surface area (Å²) < 4.78 is 16.7. The Bertz CT molecular complexity index is 436. The van der Waals surface area contributed by atoms with Gasteiger partial charge in [0.25, 0.3) is 0 Å². The number of hydrogen-bond acceptors (Lipinski definition) is 5. The summed E-state index contributed by atoms with van der Waals surface area (Å²) in [6.07, 6.45) is 3.09. The predicted molar refractivity (Wildman–Crippen MR) is 81.0 cm³/mol. The Labute approximate surface area is 126 Å². The van der Waals surface area contributed by atoms with E-state index >= 15 is 0 Å². The lowest BCUT2D eigenvalue weighted by Gasteiger charge is -2.22. The summed E-state index contributed by atoms with van der Waals surface area (Å²) in [7, 11) is 1.01. The molecule has 1 fully saturated rings. The molecule has 1 aliphatic rings. The maximum absolute atomic E-state index is 9.21. The van der Waals surface area contributed by atoms with Crippen molar-refractivity contribution in [1.82, 2.24) is 4.98 Å². The molecule has 1 unspecified atom stereocenters.